The predicted molar refractivity (Wildman–Crippen MR) is 87.7 cm³/mol. The summed E-state index contributed by atoms with van der Waals surface area (Å²) in [6.45, 7) is 6.13. The van der Waals surface area contributed by atoms with Gasteiger partial charge in [0, 0.05) is 24.6 Å². The van der Waals surface area contributed by atoms with Gasteiger partial charge in [-0.3, -0.25) is 0 Å². The van der Waals surface area contributed by atoms with Crippen molar-refractivity contribution < 1.29 is 18.3 Å². The SMILES string of the molecule is CC(C)(C)OC(=O)NCCCCCSC1CCC(F)(F)CC1. The van der Waals surface area contributed by atoms with Crippen LogP contribution in [0.3, 0.4) is 0 Å². The molecule has 0 unspecified atom stereocenters. The van der Waals surface area contributed by atoms with Crippen LogP contribution in [0.4, 0.5) is 13.6 Å². The summed E-state index contributed by atoms with van der Waals surface area (Å²) in [7, 11) is 0. The number of thioether (sulfide) groups is 1. The molecule has 0 aromatic carbocycles. The van der Waals surface area contributed by atoms with Gasteiger partial charge in [-0.05, 0) is 52.2 Å². The highest BCUT2D eigenvalue weighted by Crippen LogP contribution is 2.38. The summed E-state index contributed by atoms with van der Waals surface area (Å²) in [4.78, 5) is 11.4. The van der Waals surface area contributed by atoms with Crippen molar-refractivity contribution in [3.05, 3.63) is 0 Å². The second kappa shape index (κ2) is 8.94. The van der Waals surface area contributed by atoms with Gasteiger partial charge in [0.25, 0.3) is 0 Å². The minimum atomic E-state index is -2.43. The number of rotatable bonds is 7. The second-order valence-electron chi connectivity index (χ2n) is 6.92. The molecule has 1 saturated carbocycles. The lowest BCUT2D eigenvalue weighted by atomic mass is 9.96. The van der Waals surface area contributed by atoms with Crippen LogP contribution < -0.4 is 5.32 Å². The molecule has 0 saturated heterocycles. The van der Waals surface area contributed by atoms with Crippen molar-refractivity contribution in [1.29, 1.82) is 0 Å². The van der Waals surface area contributed by atoms with E-state index in [1.807, 2.05) is 32.5 Å². The first-order valence-electron chi connectivity index (χ1n) is 8.14. The van der Waals surface area contributed by atoms with E-state index in [2.05, 4.69) is 5.32 Å². The van der Waals surface area contributed by atoms with Gasteiger partial charge in [0.1, 0.15) is 5.60 Å². The number of carbonyl (C=O) groups excluding carboxylic acids is 1. The molecule has 6 heteroatoms. The summed E-state index contributed by atoms with van der Waals surface area (Å²) in [5.74, 6) is -1.41. The van der Waals surface area contributed by atoms with Gasteiger partial charge in [0.2, 0.25) is 5.92 Å². The van der Waals surface area contributed by atoms with Crippen LogP contribution in [0, 0.1) is 0 Å². The lowest BCUT2D eigenvalue weighted by molar-refractivity contribution is -0.0323. The average molecular weight is 337 g/mol. The zero-order chi connectivity index (χ0) is 16.6. The van der Waals surface area contributed by atoms with Crippen molar-refractivity contribution in [3.63, 3.8) is 0 Å². The van der Waals surface area contributed by atoms with Crippen LogP contribution in [0.2, 0.25) is 0 Å². The number of alkyl carbamates (subject to hydrolysis) is 1. The summed E-state index contributed by atoms with van der Waals surface area (Å²) >= 11 is 1.82. The molecular formula is C16H29F2NO2S. The molecule has 0 atom stereocenters. The zero-order valence-corrected chi connectivity index (χ0v) is 14.7. The Balaban J connectivity index is 1.93. The van der Waals surface area contributed by atoms with Crippen molar-refractivity contribution in [2.24, 2.45) is 0 Å². The van der Waals surface area contributed by atoms with E-state index in [-0.39, 0.29) is 18.9 Å². The van der Waals surface area contributed by atoms with E-state index in [1.165, 1.54) is 0 Å². The van der Waals surface area contributed by atoms with Crippen molar-refractivity contribution in [3.8, 4) is 0 Å². The van der Waals surface area contributed by atoms with Crippen LogP contribution >= 0.6 is 11.8 Å². The molecule has 1 rings (SSSR count). The monoisotopic (exact) mass is 337 g/mol. The largest absolute Gasteiger partial charge is 0.444 e. The molecule has 1 aliphatic rings. The Labute approximate surface area is 136 Å². The molecule has 1 amide bonds. The van der Waals surface area contributed by atoms with Gasteiger partial charge in [-0.15, -0.1) is 0 Å². The first-order valence-corrected chi connectivity index (χ1v) is 9.19. The summed E-state index contributed by atoms with van der Waals surface area (Å²) in [6.07, 6.45) is 4.01. The third kappa shape index (κ3) is 9.49. The fraction of sp³-hybridized carbons (Fsp3) is 0.938. The number of unbranched alkanes of at least 4 members (excludes halogenated alkanes) is 2. The number of amides is 1. The quantitative estimate of drug-likeness (QED) is 0.665. The molecular weight excluding hydrogens is 308 g/mol. The molecule has 22 heavy (non-hydrogen) atoms. The summed E-state index contributed by atoms with van der Waals surface area (Å²) < 4.78 is 31.2. The molecule has 1 aliphatic carbocycles. The van der Waals surface area contributed by atoms with Crippen LogP contribution in [0.5, 0.6) is 0 Å². The lowest BCUT2D eigenvalue weighted by Gasteiger charge is -2.27. The van der Waals surface area contributed by atoms with Gasteiger partial charge in [0.05, 0.1) is 0 Å². The van der Waals surface area contributed by atoms with Crippen LogP contribution in [0.25, 0.3) is 0 Å². The molecule has 0 aliphatic heterocycles. The lowest BCUT2D eigenvalue weighted by Crippen LogP contribution is -2.33. The fourth-order valence-electron chi connectivity index (χ4n) is 2.34. The summed E-state index contributed by atoms with van der Waals surface area (Å²) in [5, 5.41) is 3.14. The van der Waals surface area contributed by atoms with E-state index < -0.39 is 11.5 Å². The number of ether oxygens (including phenoxy) is 1. The van der Waals surface area contributed by atoms with Crippen LogP contribution in [-0.2, 0) is 4.74 Å². The second-order valence-corrected chi connectivity index (χ2v) is 8.32. The molecule has 3 nitrogen and oxygen atoms in total. The number of halogens is 2. The number of carbonyl (C=O) groups is 1. The van der Waals surface area contributed by atoms with E-state index in [4.69, 9.17) is 4.74 Å². The molecule has 0 radical (unpaired) electrons. The number of hydrogen-bond donors (Lipinski definition) is 1. The van der Waals surface area contributed by atoms with E-state index in [1.54, 1.807) is 0 Å². The Morgan fingerprint density at radius 3 is 2.45 bits per heavy atom. The molecule has 0 aromatic rings. The van der Waals surface area contributed by atoms with Gasteiger partial charge >= 0.3 is 6.09 Å². The van der Waals surface area contributed by atoms with Gasteiger partial charge in [-0.2, -0.15) is 11.8 Å². The number of hydrogen-bond acceptors (Lipinski definition) is 3. The first-order chi connectivity index (χ1) is 10.2. The summed E-state index contributed by atoms with van der Waals surface area (Å²) in [6, 6.07) is 0. The highest BCUT2D eigenvalue weighted by molar-refractivity contribution is 7.99. The minimum Gasteiger partial charge on any atom is -0.444 e. The Hall–Kier alpha value is -0.520. The molecule has 0 heterocycles. The average Bonchev–Trinajstić information content (AvgIpc) is 2.37. The molecule has 0 aromatic heterocycles. The zero-order valence-electron chi connectivity index (χ0n) is 13.9. The standard InChI is InChI=1S/C16H29F2NO2S/c1-15(2,3)21-14(20)19-11-5-4-6-12-22-13-7-9-16(17,18)10-8-13/h13H,4-12H2,1-3H3,(H,19,20). The maximum atomic E-state index is 13.0. The normalized spacial score (nSPS) is 19.0. The summed E-state index contributed by atoms with van der Waals surface area (Å²) in [5.41, 5.74) is -0.461. The fourth-order valence-corrected chi connectivity index (χ4v) is 3.61. The molecule has 130 valence electrons. The van der Waals surface area contributed by atoms with Gasteiger partial charge in [-0.25, -0.2) is 13.6 Å². The molecule has 1 fully saturated rings. The molecule has 1 N–H and O–H groups in total. The van der Waals surface area contributed by atoms with Crippen molar-refractivity contribution in [2.75, 3.05) is 12.3 Å². The Morgan fingerprint density at radius 1 is 1.23 bits per heavy atom. The minimum absolute atomic E-state index is 0.0461. The van der Waals surface area contributed by atoms with Gasteiger partial charge in [0.15, 0.2) is 0 Å². The van der Waals surface area contributed by atoms with Crippen molar-refractivity contribution >= 4 is 17.9 Å². The van der Waals surface area contributed by atoms with Crippen LogP contribution in [0.15, 0.2) is 0 Å². The maximum absolute atomic E-state index is 13.0. The third-order valence-electron chi connectivity index (χ3n) is 3.51. The van der Waals surface area contributed by atoms with E-state index in [9.17, 15) is 13.6 Å². The predicted octanol–water partition coefficient (Wildman–Crippen LogP) is 4.99. The number of alkyl halides is 2. The van der Waals surface area contributed by atoms with Crippen LogP contribution in [-0.4, -0.2) is 35.2 Å². The van der Waals surface area contributed by atoms with E-state index in [0.717, 1.165) is 25.0 Å². The van der Waals surface area contributed by atoms with Gasteiger partial charge in [-0.1, -0.05) is 6.42 Å². The van der Waals surface area contributed by atoms with E-state index in [0.29, 0.717) is 24.6 Å². The molecule has 0 spiro atoms. The van der Waals surface area contributed by atoms with Crippen molar-refractivity contribution in [1.82, 2.24) is 5.32 Å². The highest BCUT2D eigenvalue weighted by Gasteiger charge is 2.34. The Bertz CT molecular complexity index is 336. The maximum Gasteiger partial charge on any atom is 0.407 e. The third-order valence-corrected chi connectivity index (χ3v) is 4.97. The topological polar surface area (TPSA) is 38.3 Å². The number of nitrogens with one attached hydrogen (secondary N) is 1. The van der Waals surface area contributed by atoms with E-state index >= 15 is 0 Å². The first kappa shape index (κ1) is 19.5. The van der Waals surface area contributed by atoms with Crippen LogP contribution in [0.1, 0.15) is 65.7 Å². The Morgan fingerprint density at radius 2 is 1.86 bits per heavy atom. The smallest absolute Gasteiger partial charge is 0.407 e. The molecule has 0 bridgehead atoms. The van der Waals surface area contributed by atoms with Gasteiger partial charge < -0.3 is 10.1 Å². The highest BCUT2D eigenvalue weighted by atomic mass is 32.2. The Kier molecular flexibility index (Phi) is 7.94. The van der Waals surface area contributed by atoms with Crippen molar-refractivity contribution in [2.45, 2.75) is 82.5 Å².